The molecule has 12 heavy (non-hydrogen) atoms. The predicted octanol–water partition coefficient (Wildman–Crippen LogP) is 0.0856. The van der Waals surface area contributed by atoms with Gasteiger partial charge >= 0.3 is 5.97 Å². The molecule has 70 valence electrons. The summed E-state index contributed by atoms with van der Waals surface area (Å²) in [7, 11) is 1.64. The summed E-state index contributed by atoms with van der Waals surface area (Å²) >= 11 is 0. The van der Waals surface area contributed by atoms with Gasteiger partial charge in [0.2, 0.25) is 0 Å². The molecule has 0 bridgehead atoms. The van der Waals surface area contributed by atoms with Crippen molar-refractivity contribution < 1.29 is 14.6 Å². The molecule has 0 amide bonds. The summed E-state index contributed by atoms with van der Waals surface area (Å²) in [5.41, 5.74) is 0. The molecule has 0 heterocycles. The normalized spacial score (nSPS) is 19.1. The van der Waals surface area contributed by atoms with Crippen LogP contribution in [0.15, 0.2) is 0 Å². The third kappa shape index (κ3) is 3.19. The lowest BCUT2D eigenvalue weighted by Gasteiger charge is -2.15. The van der Waals surface area contributed by atoms with Crippen LogP contribution in [0.25, 0.3) is 0 Å². The van der Waals surface area contributed by atoms with Crippen molar-refractivity contribution in [2.24, 2.45) is 5.92 Å². The van der Waals surface area contributed by atoms with Crippen molar-refractivity contribution in [3.8, 4) is 0 Å². The zero-order valence-electron chi connectivity index (χ0n) is 7.25. The van der Waals surface area contributed by atoms with Crippen LogP contribution in [0.2, 0.25) is 0 Å². The van der Waals surface area contributed by atoms with Gasteiger partial charge in [0.1, 0.15) is 0 Å². The quantitative estimate of drug-likeness (QED) is 0.597. The van der Waals surface area contributed by atoms with E-state index in [1.54, 1.807) is 7.11 Å². The van der Waals surface area contributed by atoms with Gasteiger partial charge in [-0.2, -0.15) is 0 Å². The summed E-state index contributed by atoms with van der Waals surface area (Å²) in [5.74, 6) is -0.180. The van der Waals surface area contributed by atoms with Crippen LogP contribution in [-0.2, 0) is 9.53 Å². The van der Waals surface area contributed by atoms with E-state index >= 15 is 0 Å². The van der Waals surface area contributed by atoms with Gasteiger partial charge in [0.15, 0.2) is 0 Å². The lowest BCUT2D eigenvalue weighted by Crippen LogP contribution is -2.38. The van der Waals surface area contributed by atoms with E-state index in [0.29, 0.717) is 12.5 Å². The zero-order chi connectivity index (χ0) is 8.97. The molecule has 0 spiro atoms. The van der Waals surface area contributed by atoms with Crippen molar-refractivity contribution in [2.45, 2.75) is 18.9 Å². The molecular formula is C8H15NO3. The summed E-state index contributed by atoms with van der Waals surface area (Å²) < 4.78 is 4.98. The molecule has 0 radical (unpaired) electrons. The molecule has 1 aliphatic carbocycles. The monoisotopic (exact) mass is 173 g/mol. The van der Waals surface area contributed by atoms with Crippen LogP contribution in [-0.4, -0.2) is 37.4 Å². The molecular weight excluding hydrogens is 158 g/mol. The zero-order valence-corrected chi connectivity index (χ0v) is 7.25. The van der Waals surface area contributed by atoms with E-state index in [0.717, 1.165) is 0 Å². The Hall–Kier alpha value is -0.610. The van der Waals surface area contributed by atoms with Crippen LogP contribution in [0.3, 0.4) is 0 Å². The number of nitrogens with one attached hydrogen (secondary N) is 1. The molecule has 1 unspecified atom stereocenters. The highest BCUT2D eigenvalue weighted by Crippen LogP contribution is 2.32. The fourth-order valence-corrected chi connectivity index (χ4v) is 1.26. The van der Waals surface area contributed by atoms with Crippen molar-refractivity contribution >= 4 is 5.97 Å². The minimum Gasteiger partial charge on any atom is -0.480 e. The van der Waals surface area contributed by atoms with Crippen molar-refractivity contribution in [1.82, 2.24) is 5.32 Å². The van der Waals surface area contributed by atoms with Crippen LogP contribution in [0.5, 0.6) is 0 Å². The average Bonchev–Trinajstić information content (AvgIpc) is 2.79. The molecule has 2 N–H and O–H groups in total. The third-order valence-corrected chi connectivity index (χ3v) is 2.05. The highest BCUT2D eigenvalue weighted by Gasteiger charge is 2.30. The molecule has 1 atom stereocenters. The molecule has 1 aliphatic rings. The minimum atomic E-state index is -0.809. The van der Waals surface area contributed by atoms with Crippen molar-refractivity contribution in [3.63, 3.8) is 0 Å². The highest BCUT2D eigenvalue weighted by molar-refractivity contribution is 5.69. The molecule has 0 aromatic carbocycles. The van der Waals surface area contributed by atoms with Crippen LogP contribution in [0.4, 0.5) is 0 Å². The smallest absolute Gasteiger partial charge is 0.317 e. The molecule has 0 aliphatic heterocycles. The van der Waals surface area contributed by atoms with E-state index in [1.807, 2.05) is 0 Å². The average molecular weight is 173 g/mol. The van der Waals surface area contributed by atoms with Gasteiger partial charge in [-0.05, 0) is 18.8 Å². The summed E-state index contributed by atoms with van der Waals surface area (Å²) in [6.45, 7) is 0.641. The number of methoxy groups -OCH3 is 1. The Bertz CT molecular complexity index is 156. The fourth-order valence-electron chi connectivity index (χ4n) is 1.26. The summed E-state index contributed by atoms with van der Waals surface area (Å²) in [6, 6.07) is 0.228. The number of carboxylic acids is 1. The second kappa shape index (κ2) is 4.42. The molecule has 1 saturated carbocycles. The Morgan fingerprint density at radius 3 is 2.83 bits per heavy atom. The summed E-state index contributed by atoms with van der Waals surface area (Å²) in [6.07, 6.45) is 2.39. The first-order valence-corrected chi connectivity index (χ1v) is 4.18. The van der Waals surface area contributed by atoms with Crippen LogP contribution in [0, 0.1) is 5.92 Å². The maximum atomic E-state index is 10.2. The molecule has 0 aromatic heterocycles. The molecule has 4 nitrogen and oxygen atoms in total. The lowest BCUT2D eigenvalue weighted by molar-refractivity contribution is -0.136. The Morgan fingerprint density at radius 1 is 1.75 bits per heavy atom. The standard InChI is InChI=1S/C8H15NO3/c1-12-5-7(6-2-3-6)9-4-8(10)11/h6-7,9H,2-5H2,1H3,(H,10,11). The second-order valence-electron chi connectivity index (χ2n) is 3.17. The highest BCUT2D eigenvalue weighted by atomic mass is 16.5. The fraction of sp³-hybridized carbons (Fsp3) is 0.875. The van der Waals surface area contributed by atoms with E-state index < -0.39 is 5.97 Å². The van der Waals surface area contributed by atoms with Crippen molar-refractivity contribution in [3.05, 3.63) is 0 Å². The van der Waals surface area contributed by atoms with Crippen LogP contribution >= 0.6 is 0 Å². The molecule has 4 heteroatoms. The van der Waals surface area contributed by atoms with Gasteiger partial charge in [0.05, 0.1) is 13.2 Å². The van der Waals surface area contributed by atoms with Gasteiger partial charge in [-0.1, -0.05) is 0 Å². The van der Waals surface area contributed by atoms with E-state index in [-0.39, 0.29) is 12.6 Å². The Balaban J connectivity index is 2.18. The van der Waals surface area contributed by atoms with Gasteiger partial charge in [-0.3, -0.25) is 4.79 Å². The first kappa shape index (κ1) is 9.48. The van der Waals surface area contributed by atoms with E-state index in [2.05, 4.69) is 5.32 Å². The summed E-state index contributed by atoms with van der Waals surface area (Å²) in [5, 5.41) is 11.4. The Labute approximate surface area is 71.9 Å². The lowest BCUT2D eigenvalue weighted by atomic mass is 10.2. The maximum absolute atomic E-state index is 10.2. The molecule has 1 fully saturated rings. The third-order valence-electron chi connectivity index (χ3n) is 2.05. The number of hydrogen-bond donors (Lipinski definition) is 2. The Kier molecular flexibility index (Phi) is 3.49. The largest absolute Gasteiger partial charge is 0.480 e. The number of ether oxygens (including phenoxy) is 1. The predicted molar refractivity (Wildman–Crippen MR) is 44.0 cm³/mol. The SMILES string of the molecule is COCC(NCC(=O)O)C1CC1. The van der Waals surface area contributed by atoms with Crippen LogP contribution < -0.4 is 5.32 Å². The van der Waals surface area contributed by atoms with Gasteiger partial charge < -0.3 is 15.2 Å². The van der Waals surface area contributed by atoms with Gasteiger partial charge in [-0.15, -0.1) is 0 Å². The first-order valence-electron chi connectivity index (χ1n) is 4.18. The molecule has 1 rings (SSSR count). The second-order valence-corrected chi connectivity index (χ2v) is 3.17. The number of carbonyl (C=O) groups is 1. The van der Waals surface area contributed by atoms with E-state index in [9.17, 15) is 4.79 Å². The number of rotatable bonds is 6. The van der Waals surface area contributed by atoms with E-state index in [4.69, 9.17) is 9.84 Å². The van der Waals surface area contributed by atoms with E-state index in [1.165, 1.54) is 12.8 Å². The van der Waals surface area contributed by atoms with Gasteiger partial charge in [-0.25, -0.2) is 0 Å². The van der Waals surface area contributed by atoms with Gasteiger partial charge in [0.25, 0.3) is 0 Å². The Morgan fingerprint density at radius 2 is 2.42 bits per heavy atom. The van der Waals surface area contributed by atoms with Crippen LogP contribution in [0.1, 0.15) is 12.8 Å². The number of hydrogen-bond acceptors (Lipinski definition) is 3. The molecule has 0 saturated heterocycles. The van der Waals surface area contributed by atoms with Crippen molar-refractivity contribution in [2.75, 3.05) is 20.3 Å². The maximum Gasteiger partial charge on any atom is 0.317 e. The van der Waals surface area contributed by atoms with Crippen molar-refractivity contribution in [1.29, 1.82) is 0 Å². The first-order chi connectivity index (χ1) is 5.74. The number of carboxylic acid groups (broad SMARTS) is 1. The summed E-state index contributed by atoms with van der Waals surface area (Å²) in [4.78, 5) is 10.2. The topological polar surface area (TPSA) is 58.6 Å². The van der Waals surface area contributed by atoms with Gasteiger partial charge in [0, 0.05) is 13.2 Å². The minimum absolute atomic E-state index is 0.0323. The molecule has 0 aromatic rings. The number of aliphatic carboxylic acids is 1.